The normalized spacial score (nSPS) is 11.9. The van der Waals surface area contributed by atoms with E-state index in [1.807, 2.05) is 6.92 Å². The lowest BCUT2D eigenvalue weighted by molar-refractivity contribution is 0.376. The summed E-state index contributed by atoms with van der Waals surface area (Å²) in [5.41, 5.74) is 0.703. The molecule has 1 N–H and O–H groups in total. The number of hydrogen-bond donors (Lipinski definition) is 1. The minimum atomic E-state index is -3.56. The third-order valence-corrected chi connectivity index (χ3v) is 5.72. The number of hydrogen-bond acceptors (Lipinski definition) is 7. The molecule has 8 nitrogen and oxygen atoms in total. The maximum absolute atomic E-state index is 12.1. The largest absolute Gasteiger partial charge is 0.338 e. The molecule has 0 radical (unpaired) electrons. The summed E-state index contributed by atoms with van der Waals surface area (Å²) in [7, 11) is -1.79. The molecule has 0 atom stereocenters. The maximum Gasteiger partial charge on any atom is 0.250 e. The highest BCUT2D eigenvalue weighted by Gasteiger charge is 2.18. The lowest BCUT2D eigenvalue weighted by Gasteiger charge is -2.00. The van der Waals surface area contributed by atoms with Gasteiger partial charge in [-0.05, 0) is 19.1 Å². The summed E-state index contributed by atoms with van der Waals surface area (Å²) in [6.45, 7) is 1.79. The van der Waals surface area contributed by atoms with Gasteiger partial charge < -0.3 is 4.52 Å². The number of nitrogens with zero attached hydrogens (tertiary/aromatic N) is 4. The molecule has 22 heavy (non-hydrogen) atoms. The topological polar surface area (TPSA) is 103 Å². The summed E-state index contributed by atoms with van der Waals surface area (Å²) in [6.07, 6.45) is 3.35. The highest BCUT2D eigenvalue weighted by molar-refractivity contribution is 7.91. The van der Waals surface area contributed by atoms with Gasteiger partial charge in [-0.1, -0.05) is 5.16 Å². The van der Waals surface area contributed by atoms with E-state index in [4.69, 9.17) is 4.52 Å². The summed E-state index contributed by atoms with van der Waals surface area (Å²) >= 11 is 1.21. The SMILES string of the molecule is Cc1ccc(S(=O)(=O)NCc2nc(-c3cnn(C)c3)no2)s1. The second-order valence-electron chi connectivity index (χ2n) is 4.60. The number of thiophene rings is 1. The monoisotopic (exact) mass is 339 g/mol. The molecule has 0 saturated heterocycles. The van der Waals surface area contributed by atoms with Gasteiger partial charge in [-0.15, -0.1) is 11.3 Å². The van der Waals surface area contributed by atoms with Gasteiger partial charge in [0.05, 0.1) is 18.3 Å². The third kappa shape index (κ3) is 3.08. The highest BCUT2D eigenvalue weighted by Crippen LogP contribution is 2.20. The molecule has 10 heteroatoms. The molecule has 3 rings (SSSR count). The van der Waals surface area contributed by atoms with Gasteiger partial charge in [-0.2, -0.15) is 10.1 Å². The van der Waals surface area contributed by atoms with Crippen LogP contribution in [0, 0.1) is 6.92 Å². The summed E-state index contributed by atoms with van der Waals surface area (Å²) in [5.74, 6) is 0.560. The van der Waals surface area contributed by atoms with Crippen molar-refractivity contribution in [2.24, 2.45) is 7.05 Å². The first-order valence-electron chi connectivity index (χ1n) is 6.32. The molecule has 0 bridgehead atoms. The average molecular weight is 339 g/mol. The fraction of sp³-hybridized carbons (Fsp3) is 0.250. The van der Waals surface area contributed by atoms with Gasteiger partial charge in [-0.3, -0.25) is 4.68 Å². The molecule has 3 aromatic rings. The molecule has 0 unspecified atom stereocenters. The van der Waals surface area contributed by atoms with Crippen molar-refractivity contribution >= 4 is 21.4 Å². The van der Waals surface area contributed by atoms with E-state index in [0.717, 1.165) is 4.88 Å². The fourth-order valence-electron chi connectivity index (χ4n) is 1.77. The van der Waals surface area contributed by atoms with Crippen molar-refractivity contribution in [2.75, 3.05) is 0 Å². The van der Waals surface area contributed by atoms with Crippen molar-refractivity contribution in [2.45, 2.75) is 17.7 Å². The first-order valence-corrected chi connectivity index (χ1v) is 8.62. The molecule has 3 heterocycles. The van der Waals surface area contributed by atoms with Crippen LogP contribution in [0.15, 0.2) is 33.3 Å². The van der Waals surface area contributed by atoms with Crippen molar-refractivity contribution in [3.63, 3.8) is 0 Å². The molecular weight excluding hydrogens is 326 g/mol. The van der Waals surface area contributed by atoms with Crippen molar-refractivity contribution in [1.29, 1.82) is 0 Å². The Morgan fingerprint density at radius 3 is 2.86 bits per heavy atom. The minimum absolute atomic E-state index is 0.0630. The van der Waals surface area contributed by atoms with Gasteiger partial charge in [-0.25, -0.2) is 13.1 Å². The van der Waals surface area contributed by atoms with Gasteiger partial charge >= 0.3 is 0 Å². The molecule has 116 valence electrons. The number of nitrogens with one attached hydrogen (secondary N) is 1. The predicted octanol–water partition coefficient (Wildman–Crippen LogP) is 1.32. The molecule has 0 aliphatic carbocycles. The van der Waals surface area contributed by atoms with Gasteiger partial charge in [0.2, 0.25) is 11.7 Å². The number of rotatable bonds is 5. The smallest absolute Gasteiger partial charge is 0.250 e. The Kier molecular flexibility index (Phi) is 3.81. The summed E-state index contributed by atoms with van der Waals surface area (Å²) in [4.78, 5) is 5.07. The third-order valence-electron chi connectivity index (χ3n) is 2.83. The van der Waals surface area contributed by atoms with Crippen LogP contribution in [-0.2, 0) is 23.6 Å². The quantitative estimate of drug-likeness (QED) is 0.752. The van der Waals surface area contributed by atoms with Crippen LogP contribution in [0.2, 0.25) is 0 Å². The molecular formula is C12H13N5O3S2. The Morgan fingerprint density at radius 2 is 2.23 bits per heavy atom. The second kappa shape index (κ2) is 5.63. The summed E-state index contributed by atoms with van der Waals surface area (Å²) in [5, 5.41) is 7.82. The molecule has 3 aromatic heterocycles. The van der Waals surface area contributed by atoms with Crippen LogP contribution in [0.5, 0.6) is 0 Å². The lowest BCUT2D eigenvalue weighted by Crippen LogP contribution is -2.22. The molecule has 0 spiro atoms. The maximum atomic E-state index is 12.1. The standard InChI is InChI=1S/C12H13N5O3S2/c1-8-3-4-11(21-8)22(18,19)14-6-10-15-12(16-20-10)9-5-13-17(2)7-9/h3-5,7,14H,6H2,1-2H3. The first-order chi connectivity index (χ1) is 10.4. The molecule has 0 fully saturated rings. The Labute approximate surface area is 130 Å². The molecule has 0 aliphatic rings. The molecule has 0 saturated carbocycles. The van der Waals surface area contributed by atoms with E-state index >= 15 is 0 Å². The van der Waals surface area contributed by atoms with Crippen molar-refractivity contribution in [1.82, 2.24) is 24.6 Å². The zero-order chi connectivity index (χ0) is 15.7. The van der Waals surface area contributed by atoms with Crippen LogP contribution in [-0.4, -0.2) is 28.3 Å². The van der Waals surface area contributed by atoms with Crippen LogP contribution in [0.1, 0.15) is 10.8 Å². The van der Waals surface area contributed by atoms with Crippen LogP contribution in [0.3, 0.4) is 0 Å². The average Bonchev–Trinajstić information content (AvgIpc) is 3.16. The summed E-state index contributed by atoms with van der Waals surface area (Å²) < 4.78 is 33.6. The van der Waals surface area contributed by atoms with Crippen molar-refractivity contribution in [3.05, 3.63) is 35.3 Å². The van der Waals surface area contributed by atoms with Gasteiger partial charge in [0.15, 0.2) is 0 Å². The fourth-order valence-corrected chi connectivity index (χ4v) is 4.07. The highest BCUT2D eigenvalue weighted by atomic mass is 32.2. The zero-order valence-corrected chi connectivity index (χ0v) is 13.5. The number of aryl methyl sites for hydroxylation is 2. The van der Waals surface area contributed by atoms with Crippen molar-refractivity contribution < 1.29 is 12.9 Å². The molecule has 0 amide bonds. The lowest BCUT2D eigenvalue weighted by atomic mass is 10.3. The predicted molar refractivity (Wildman–Crippen MR) is 79.6 cm³/mol. The van der Waals surface area contributed by atoms with Crippen molar-refractivity contribution in [3.8, 4) is 11.4 Å². The Balaban J connectivity index is 1.71. The van der Waals surface area contributed by atoms with Gasteiger partial charge in [0.1, 0.15) is 4.21 Å². The Bertz CT molecular complexity index is 893. The van der Waals surface area contributed by atoms with E-state index in [-0.39, 0.29) is 16.6 Å². The van der Waals surface area contributed by atoms with E-state index in [1.165, 1.54) is 11.3 Å². The number of sulfonamides is 1. The number of aromatic nitrogens is 4. The first kappa shape index (κ1) is 14.9. The Morgan fingerprint density at radius 1 is 1.41 bits per heavy atom. The molecule has 0 aromatic carbocycles. The van der Waals surface area contributed by atoms with Crippen LogP contribution in [0.25, 0.3) is 11.4 Å². The summed E-state index contributed by atoms with van der Waals surface area (Å²) in [6, 6.07) is 3.32. The van der Waals surface area contributed by atoms with Crippen LogP contribution >= 0.6 is 11.3 Å². The van der Waals surface area contributed by atoms with Crippen LogP contribution < -0.4 is 4.72 Å². The van der Waals surface area contributed by atoms with Crippen LogP contribution in [0.4, 0.5) is 0 Å². The van der Waals surface area contributed by atoms with E-state index < -0.39 is 10.0 Å². The van der Waals surface area contributed by atoms with E-state index in [0.29, 0.717) is 11.4 Å². The van der Waals surface area contributed by atoms with Gasteiger partial charge in [0.25, 0.3) is 10.0 Å². The van der Waals surface area contributed by atoms with E-state index in [2.05, 4.69) is 20.0 Å². The van der Waals surface area contributed by atoms with E-state index in [1.54, 1.807) is 36.3 Å². The van der Waals surface area contributed by atoms with E-state index in [9.17, 15) is 8.42 Å². The van der Waals surface area contributed by atoms with Gasteiger partial charge in [0, 0.05) is 18.1 Å². The minimum Gasteiger partial charge on any atom is -0.338 e. The Hall–Kier alpha value is -2.04. The zero-order valence-electron chi connectivity index (χ0n) is 11.8. The second-order valence-corrected chi connectivity index (χ2v) is 7.89. The molecule has 0 aliphatic heterocycles.